The molecule has 16 heteroatoms. The molecule has 1 fully saturated rings. The van der Waals surface area contributed by atoms with E-state index < -0.39 is 65.2 Å². The summed E-state index contributed by atoms with van der Waals surface area (Å²) in [6.45, 7) is 2.68. The molecule has 5 rings (SSSR count). The van der Waals surface area contributed by atoms with Crippen LogP contribution in [0.3, 0.4) is 0 Å². The van der Waals surface area contributed by atoms with Gasteiger partial charge in [-0.25, -0.2) is 18.0 Å². The number of benzene rings is 2. The van der Waals surface area contributed by atoms with Crippen LogP contribution in [0.5, 0.6) is 0 Å². The van der Waals surface area contributed by atoms with Crippen molar-refractivity contribution in [3.8, 4) is 11.1 Å². The molecule has 1 aliphatic rings. The number of pyridine rings is 2. The highest BCUT2D eigenvalue weighted by molar-refractivity contribution is 6.00. The third-order valence-electron chi connectivity index (χ3n) is 9.22. The van der Waals surface area contributed by atoms with E-state index in [-0.39, 0.29) is 47.5 Å². The lowest BCUT2D eigenvalue weighted by molar-refractivity contribution is -0.167. The first kappa shape index (κ1) is 38.1. The number of amides is 1. The Hall–Kier alpha value is -5.12. The van der Waals surface area contributed by atoms with Gasteiger partial charge in [-0.2, -0.15) is 13.2 Å². The summed E-state index contributed by atoms with van der Waals surface area (Å²) in [6.07, 6.45) is -3.57. The van der Waals surface area contributed by atoms with Crippen LogP contribution in [0.4, 0.5) is 37.7 Å². The van der Waals surface area contributed by atoms with Crippen LogP contribution in [0, 0.1) is 19.7 Å². The molecule has 1 amide bonds. The number of carboxylic acid groups (broad SMARTS) is 1. The smallest absolute Gasteiger partial charge is 0.411 e. The van der Waals surface area contributed by atoms with Gasteiger partial charge in [-0.1, -0.05) is 12.1 Å². The number of hydrogen-bond donors (Lipinski definition) is 2. The number of hydrogen-bond acceptors (Lipinski definition) is 7. The number of carbonyl (C=O) groups excluding carboxylic acids is 1. The quantitative estimate of drug-likeness (QED) is 0.210. The first-order chi connectivity index (χ1) is 24.2. The summed E-state index contributed by atoms with van der Waals surface area (Å²) in [4.78, 5) is 46.6. The van der Waals surface area contributed by atoms with Crippen molar-refractivity contribution in [2.24, 2.45) is 7.05 Å². The molecule has 2 N–H and O–H groups in total. The van der Waals surface area contributed by atoms with E-state index in [0.717, 1.165) is 11.0 Å². The van der Waals surface area contributed by atoms with Crippen molar-refractivity contribution in [3.63, 3.8) is 0 Å². The van der Waals surface area contributed by atoms with Crippen LogP contribution >= 0.6 is 0 Å². The minimum atomic E-state index is -4.67. The predicted molar refractivity (Wildman–Crippen MR) is 183 cm³/mol. The van der Waals surface area contributed by atoms with Gasteiger partial charge in [0.25, 0.3) is 17.4 Å². The van der Waals surface area contributed by atoms with E-state index >= 15 is 4.39 Å². The number of rotatable bonds is 9. The van der Waals surface area contributed by atoms with E-state index in [1.807, 2.05) is 0 Å². The third-order valence-corrected chi connectivity index (χ3v) is 9.22. The normalized spacial score (nSPS) is 15.8. The Morgan fingerprint density at radius 1 is 1.12 bits per heavy atom. The third kappa shape index (κ3) is 7.43. The highest BCUT2D eigenvalue weighted by atomic mass is 19.4. The molecular weight excluding hydrogens is 696 g/mol. The second-order valence-corrected chi connectivity index (χ2v) is 13.1. The van der Waals surface area contributed by atoms with Gasteiger partial charge in [-0.3, -0.25) is 14.6 Å². The number of aliphatic carboxylic acids is 1. The molecule has 4 aromatic rings. The summed E-state index contributed by atoms with van der Waals surface area (Å²) in [7, 11) is 4.90. The van der Waals surface area contributed by atoms with Gasteiger partial charge in [0.1, 0.15) is 17.9 Å². The fourth-order valence-electron chi connectivity index (χ4n) is 6.33. The lowest BCUT2D eigenvalue weighted by Crippen LogP contribution is -2.53. The molecular formula is C36H37F6N5O5. The average Bonchev–Trinajstić information content (AvgIpc) is 3.05. The molecule has 0 saturated carbocycles. The summed E-state index contributed by atoms with van der Waals surface area (Å²) in [5, 5.41) is 12.8. The molecule has 1 aliphatic heterocycles. The first-order valence-electron chi connectivity index (χ1n) is 16.1. The minimum absolute atomic E-state index is 0.0229. The van der Waals surface area contributed by atoms with E-state index in [2.05, 4.69) is 10.3 Å². The maximum Gasteiger partial charge on any atom is 0.411 e. The SMILES string of the molecule is Cc1cc(N2CCOC[C@@H]2C(F)(F)F)cc(F)c1C(=O)N[C@@H](Cc1ccc(-c2c(C(C)(F)F)cc(C)n(C)c2=O)c2ncc(N(C)C)cc12)C(=O)O. The Balaban J connectivity index is 1.54. The number of carbonyl (C=O) groups is 2. The molecule has 3 heterocycles. The fraction of sp³-hybridized carbons (Fsp3) is 0.389. The number of ether oxygens (including phenoxy) is 1. The van der Waals surface area contributed by atoms with Gasteiger partial charge in [0, 0.05) is 68.9 Å². The molecule has 2 aromatic carbocycles. The van der Waals surface area contributed by atoms with Gasteiger partial charge < -0.3 is 29.5 Å². The lowest BCUT2D eigenvalue weighted by atomic mass is 9.91. The van der Waals surface area contributed by atoms with Crippen LogP contribution in [-0.4, -0.2) is 78.6 Å². The number of aromatic nitrogens is 2. The number of alkyl halides is 5. The van der Waals surface area contributed by atoms with Crippen molar-refractivity contribution in [2.45, 2.75) is 51.4 Å². The zero-order valence-electron chi connectivity index (χ0n) is 29.2. The molecule has 2 atom stereocenters. The number of nitrogens with zero attached hydrogens (tertiary/aromatic N) is 4. The molecule has 10 nitrogen and oxygen atoms in total. The summed E-state index contributed by atoms with van der Waals surface area (Å²) < 4.78 is 92.6. The van der Waals surface area contributed by atoms with E-state index in [1.54, 1.807) is 25.1 Å². The van der Waals surface area contributed by atoms with Crippen LogP contribution in [0.15, 0.2) is 47.4 Å². The van der Waals surface area contributed by atoms with Crippen LogP contribution in [0.1, 0.15) is 39.7 Å². The second kappa shape index (κ2) is 14.1. The standard InChI is InChI=1S/C36H37F6N5O5/c1-18-11-21(47-9-10-52-17-28(47)36(40,41)42)15-26(37)29(18)32(48)44-27(34(50)51)13-20-7-8-23(31-24(20)14-22(16-43-31)45(4)5)30-25(35(3,38)39)12-19(2)46(6)33(30)49/h7-8,11-12,14-16,27-28H,9-10,13,17H2,1-6H3,(H,44,48)(H,50,51)/t27-,28+/m0/s1. The van der Waals surface area contributed by atoms with Gasteiger partial charge in [0.2, 0.25) is 0 Å². The zero-order valence-corrected chi connectivity index (χ0v) is 29.2. The van der Waals surface area contributed by atoms with Gasteiger partial charge in [-0.15, -0.1) is 0 Å². The Kier molecular flexibility index (Phi) is 10.4. The van der Waals surface area contributed by atoms with Crippen molar-refractivity contribution in [3.05, 3.63) is 86.7 Å². The number of fused-ring (bicyclic) bond motifs is 1. The van der Waals surface area contributed by atoms with Crippen molar-refractivity contribution in [1.29, 1.82) is 0 Å². The van der Waals surface area contributed by atoms with E-state index in [0.29, 0.717) is 29.3 Å². The number of halogens is 6. The van der Waals surface area contributed by atoms with Crippen molar-refractivity contribution in [1.82, 2.24) is 14.9 Å². The van der Waals surface area contributed by atoms with Gasteiger partial charge >= 0.3 is 12.1 Å². The van der Waals surface area contributed by atoms with Crippen LogP contribution in [0.25, 0.3) is 22.0 Å². The molecule has 0 radical (unpaired) electrons. The summed E-state index contributed by atoms with van der Waals surface area (Å²) in [6, 6.07) is 4.06. The molecule has 2 aromatic heterocycles. The maximum absolute atomic E-state index is 15.5. The summed E-state index contributed by atoms with van der Waals surface area (Å²) in [5.74, 6) is -7.16. The van der Waals surface area contributed by atoms with Crippen LogP contribution in [-0.2, 0) is 28.9 Å². The van der Waals surface area contributed by atoms with Crippen molar-refractivity contribution < 1.29 is 45.8 Å². The molecule has 0 spiro atoms. The van der Waals surface area contributed by atoms with E-state index in [9.17, 15) is 41.4 Å². The Labute approximate surface area is 294 Å². The summed E-state index contributed by atoms with van der Waals surface area (Å²) >= 11 is 0. The molecule has 278 valence electrons. The number of aryl methyl sites for hydroxylation is 2. The monoisotopic (exact) mass is 733 g/mol. The number of anilines is 2. The molecule has 1 saturated heterocycles. The first-order valence-corrected chi connectivity index (χ1v) is 16.1. The van der Waals surface area contributed by atoms with E-state index in [1.165, 1.54) is 55.9 Å². The Morgan fingerprint density at radius 3 is 2.40 bits per heavy atom. The number of morpholine rings is 1. The highest BCUT2D eigenvalue weighted by Gasteiger charge is 2.46. The van der Waals surface area contributed by atoms with E-state index in [4.69, 9.17) is 4.74 Å². The average molecular weight is 734 g/mol. The van der Waals surface area contributed by atoms with Gasteiger partial charge in [-0.05, 0) is 49.2 Å². The maximum atomic E-state index is 15.5. The summed E-state index contributed by atoms with van der Waals surface area (Å²) in [5.41, 5.74) is -0.775. The van der Waals surface area contributed by atoms with Gasteiger partial charge in [0.15, 0.2) is 0 Å². The molecule has 0 unspecified atom stereocenters. The Morgan fingerprint density at radius 2 is 1.81 bits per heavy atom. The number of nitrogens with one attached hydrogen (secondary N) is 1. The Bertz CT molecular complexity index is 2090. The van der Waals surface area contributed by atoms with Crippen molar-refractivity contribution >= 4 is 34.2 Å². The van der Waals surface area contributed by atoms with Gasteiger partial charge in [0.05, 0.1) is 41.7 Å². The zero-order chi connectivity index (χ0) is 38.4. The molecule has 0 aliphatic carbocycles. The highest BCUT2D eigenvalue weighted by Crippen LogP contribution is 2.38. The lowest BCUT2D eigenvalue weighted by Gasteiger charge is -2.38. The largest absolute Gasteiger partial charge is 0.480 e. The van der Waals surface area contributed by atoms with Crippen LogP contribution in [0.2, 0.25) is 0 Å². The topological polar surface area (TPSA) is 117 Å². The van der Waals surface area contributed by atoms with Crippen molar-refractivity contribution in [2.75, 3.05) is 43.7 Å². The molecule has 0 bridgehead atoms. The fourth-order valence-corrected chi connectivity index (χ4v) is 6.33. The minimum Gasteiger partial charge on any atom is -0.480 e. The molecule has 52 heavy (non-hydrogen) atoms. The predicted octanol–water partition coefficient (Wildman–Crippen LogP) is 5.73. The van der Waals surface area contributed by atoms with Crippen LogP contribution < -0.4 is 20.7 Å². The number of carboxylic acids is 1. The second-order valence-electron chi connectivity index (χ2n) is 13.1.